The van der Waals surface area contributed by atoms with Crippen molar-refractivity contribution < 1.29 is 13.2 Å². The van der Waals surface area contributed by atoms with Gasteiger partial charge in [-0.2, -0.15) is 4.31 Å². The number of halogens is 2. The van der Waals surface area contributed by atoms with Crippen molar-refractivity contribution in [3.05, 3.63) is 93.7 Å². The van der Waals surface area contributed by atoms with E-state index in [2.05, 4.69) is 26.2 Å². The van der Waals surface area contributed by atoms with Crippen LogP contribution in [0.15, 0.2) is 82.3 Å². The van der Waals surface area contributed by atoms with Crippen molar-refractivity contribution >= 4 is 43.5 Å². The summed E-state index contributed by atoms with van der Waals surface area (Å²) >= 11 is 9.23. The topological polar surface area (TPSA) is 79.4 Å². The lowest BCUT2D eigenvalue weighted by Gasteiger charge is -2.22. The normalized spacial score (nSPS) is 11.4. The maximum atomic E-state index is 13.2. The molecule has 1 amide bonds. The number of carbonyl (C=O) groups is 1. The Balaban J connectivity index is 1.80. The summed E-state index contributed by atoms with van der Waals surface area (Å²) < 4.78 is 28.3. The first-order valence-electron chi connectivity index (χ1n) is 9.01. The largest absolute Gasteiger partial charge is 0.349 e. The summed E-state index contributed by atoms with van der Waals surface area (Å²) in [6, 6.07) is 18.5. The lowest BCUT2D eigenvalue weighted by molar-refractivity contribution is -0.121. The van der Waals surface area contributed by atoms with Gasteiger partial charge in [-0.25, -0.2) is 8.42 Å². The average Bonchev–Trinajstić information content (AvgIpc) is 2.74. The van der Waals surface area contributed by atoms with Gasteiger partial charge in [-0.15, -0.1) is 0 Å². The Hall–Kier alpha value is -2.26. The monoisotopic (exact) mass is 507 g/mol. The average molecular weight is 509 g/mol. The summed E-state index contributed by atoms with van der Waals surface area (Å²) in [5, 5.41) is 3.27. The summed E-state index contributed by atoms with van der Waals surface area (Å²) in [6.45, 7) is -0.0762. The van der Waals surface area contributed by atoms with E-state index in [1.165, 1.54) is 12.1 Å². The first-order valence-corrected chi connectivity index (χ1v) is 11.6. The highest BCUT2D eigenvalue weighted by Gasteiger charge is 2.27. The number of nitrogens with zero attached hydrogens (tertiary/aromatic N) is 2. The summed E-state index contributed by atoms with van der Waals surface area (Å²) in [4.78, 5) is 16.8. The Labute approximate surface area is 189 Å². The molecule has 0 unspecified atom stereocenters. The summed E-state index contributed by atoms with van der Waals surface area (Å²) in [7, 11) is -3.90. The zero-order chi connectivity index (χ0) is 21.6. The minimum atomic E-state index is -3.90. The summed E-state index contributed by atoms with van der Waals surface area (Å²) in [5.41, 5.74) is 1.41. The van der Waals surface area contributed by atoms with Crippen LogP contribution in [0.1, 0.15) is 11.3 Å². The first-order chi connectivity index (χ1) is 14.3. The fourth-order valence-electron chi connectivity index (χ4n) is 2.68. The summed E-state index contributed by atoms with van der Waals surface area (Å²) in [5.74, 6) is -0.421. The van der Waals surface area contributed by atoms with Gasteiger partial charge in [0.15, 0.2) is 0 Å². The Bertz CT molecular complexity index is 1090. The zero-order valence-corrected chi connectivity index (χ0v) is 19.0. The molecule has 0 bridgehead atoms. The molecule has 0 fully saturated rings. The van der Waals surface area contributed by atoms with Crippen molar-refractivity contribution in [3.8, 4) is 0 Å². The van der Waals surface area contributed by atoms with Crippen molar-refractivity contribution in [2.24, 2.45) is 0 Å². The number of rotatable bonds is 8. The quantitative estimate of drug-likeness (QED) is 0.499. The van der Waals surface area contributed by atoms with Gasteiger partial charge in [0.05, 0.1) is 23.7 Å². The molecule has 3 rings (SSSR count). The molecule has 2 aromatic carbocycles. The molecule has 6 nitrogen and oxygen atoms in total. The van der Waals surface area contributed by atoms with Gasteiger partial charge in [0.2, 0.25) is 15.9 Å². The number of carbonyl (C=O) groups excluding carboxylic acids is 1. The van der Waals surface area contributed by atoms with Crippen molar-refractivity contribution in [1.82, 2.24) is 14.6 Å². The van der Waals surface area contributed by atoms with E-state index in [0.717, 1.165) is 14.3 Å². The molecular formula is C21H19BrClN3O3S. The lowest BCUT2D eigenvalue weighted by Crippen LogP contribution is -2.40. The van der Waals surface area contributed by atoms with Gasteiger partial charge < -0.3 is 5.32 Å². The number of sulfonamides is 1. The van der Waals surface area contributed by atoms with Gasteiger partial charge in [-0.1, -0.05) is 45.7 Å². The molecule has 0 saturated carbocycles. The van der Waals surface area contributed by atoms with E-state index in [1.54, 1.807) is 54.7 Å². The van der Waals surface area contributed by atoms with Gasteiger partial charge in [0.1, 0.15) is 0 Å². The third-order valence-corrected chi connectivity index (χ3v) is 6.82. The number of pyridine rings is 1. The number of nitrogens with one attached hydrogen (secondary N) is 1. The van der Waals surface area contributed by atoms with E-state index in [4.69, 9.17) is 11.6 Å². The Morgan fingerprint density at radius 1 is 1.03 bits per heavy atom. The molecule has 0 spiro atoms. The van der Waals surface area contributed by atoms with Gasteiger partial charge in [0.25, 0.3) is 0 Å². The molecule has 0 aliphatic rings. The standard InChI is InChI=1S/C21H19BrClN3O3S/c22-17-6-10-20(11-7-17)30(28,29)26(14-16-4-8-18(23)9-5-16)15-21(27)25-13-19-3-1-2-12-24-19/h1-12H,13-15H2,(H,25,27). The third-order valence-electron chi connectivity index (χ3n) is 4.24. The molecule has 0 saturated heterocycles. The van der Waals surface area contributed by atoms with Crippen LogP contribution in [-0.4, -0.2) is 30.2 Å². The Morgan fingerprint density at radius 3 is 2.37 bits per heavy atom. The third kappa shape index (κ3) is 6.12. The van der Waals surface area contributed by atoms with Crippen LogP contribution >= 0.6 is 27.5 Å². The second-order valence-electron chi connectivity index (χ2n) is 6.45. The molecular weight excluding hydrogens is 490 g/mol. The predicted octanol–water partition coefficient (Wildman–Crippen LogP) is 4.00. The van der Waals surface area contributed by atoms with E-state index in [0.29, 0.717) is 10.7 Å². The van der Waals surface area contributed by atoms with Crippen molar-refractivity contribution in [2.45, 2.75) is 18.0 Å². The van der Waals surface area contributed by atoms with Gasteiger partial charge >= 0.3 is 0 Å². The molecule has 0 aliphatic heterocycles. The SMILES string of the molecule is O=C(CN(Cc1ccc(Cl)cc1)S(=O)(=O)c1ccc(Br)cc1)NCc1ccccn1. The van der Waals surface area contributed by atoms with Crippen molar-refractivity contribution in [3.63, 3.8) is 0 Å². The van der Waals surface area contributed by atoms with Crippen LogP contribution in [0, 0.1) is 0 Å². The predicted molar refractivity (Wildman–Crippen MR) is 119 cm³/mol. The number of benzene rings is 2. The highest BCUT2D eigenvalue weighted by molar-refractivity contribution is 9.10. The van der Waals surface area contributed by atoms with Crippen LogP contribution in [0.3, 0.4) is 0 Å². The van der Waals surface area contributed by atoms with Crippen molar-refractivity contribution in [1.29, 1.82) is 0 Å². The fourth-order valence-corrected chi connectivity index (χ4v) is 4.46. The van der Waals surface area contributed by atoms with E-state index >= 15 is 0 Å². The Kier molecular flexibility index (Phi) is 7.60. The second kappa shape index (κ2) is 10.2. The highest BCUT2D eigenvalue weighted by atomic mass is 79.9. The van der Waals surface area contributed by atoms with Gasteiger partial charge in [0, 0.05) is 22.2 Å². The molecule has 0 aliphatic carbocycles. The molecule has 3 aromatic rings. The minimum Gasteiger partial charge on any atom is -0.349 e. The summed E-state index contributed by atoms with van der Waals surface area (Å²) in [6.07, 6.45) is 1.63. The second-order valence-corrected chi connectivity index (χ2v) is 9.74. The molecule has 1 aromatic heterocycles. The van der Waals surface area contributed by atoms with Crippen LogP contribution in [0.25, 0.3) is 0 Å². The molecule has 30 heavy (non-hydrogen) atoms. The van der Waals surface area contributed by atoms with Crippen molar-refractivity contribution in [2.75, 3.05) is 6.54 Å². The van der Waals surface area contributed by atoms with E-state index in [-0.39, 0.29) is 24.5 Å². The number of amides is 1. The molecule has 156 valence electrons. The molecule has 0 atom stereocenters. The van der Waals surface area contributed by atoms with Crippen LogP contribution in [0.5, 0.6) is 0 Å². The van der Waals surface area contributed by atoms with Crippen LogP contribution < -0.4 is 5.32 Å². The van der Waals surface area contributed by atoms with Gasteiger partial charge in [-0.3, -0.25) is 9.78 Å². The molecule has 1 N–H and O–H groups in total. The molecule has 0 radical (unpaired) electrons. The molecule has 9 heteroatoms. The smallest absolute Gasteiger partial charge is 0.243 e. The number of hydrogen-bond acceptors (Lipinski definition) is 4. The maximum absolute atomic E-state index is 13.2. The maximum Gasteiger partial charge on any atom is 0.243 e. The zero-order valence-electron chi connectivity index (χ0n) is 15.8. The lowest BCUT2D eigenvalue weighted by atomic mass is 10.2. The molecule has 1 heterocycles. The van der Waals surface area contributed by atoms with Crippen LogP contribution in [-0.2, 0) is 27.9 Å². The fraction of sp³-hybridized carbons (Fsp3) is 0.143. The van der Waals surface area contributed by atoms with E-state index in [9.17, 15) is 13.2 Å². The van der Waals surface area contributed by atoms with Crippen LogP contribution in [0.2, 0.25) is 5.02 Å². The number of aromatic nitrogens is 1. The Morgan fingerprint density at radius 2 is 1.73 bits per heavy atom. The van der Waals surface area contributed by atoms with Gasteiger partial charge in [-0.05, 0) is 54.1 Å². The minimum absolute atomic E-state index is 0.0343. The highest BCUT2D eigenvalue weighted by Crippen LogP contribution is 2.21. The van der Waals surface area contributed by atoms with E-state index in [1.807, 2.05) is 6.07 Å². The number of hydrogen-bond donors (Lipinski definition) is 1. The van der Waals surface area contributed by atoms with E-state index < -0.39 is 15.9 Å². The van der Waals surface area contributed by atoms with Crippen LogP contribution in [0.4, 0.5) is 0 Å². The first kappa shape index (κ1) is 22.4.